The van der Waals surface area contributed by atoms with Crippen LogP contribution in [-0.4, -0.2) is 60.8 Å². The van der Waals surface area contributed by atoms with Crippen LogP contribution in [0.4, 0.5) is 13.2 Å². The van der Waals surface area contributed by atoms with Crippen molar-refractivity contribution in [3.8, 4) is 5.75 Å². The summed E-state index contributed by atoms with van der Waals surface area (Å²) in [5.41, 5.74) is 0. The van der Waals surface area contributed by atoms with E-state index >= 15 is 0 Å². The van der Waals surface area contributed by atoms with Crippen LogP contribution in [0.25, 0.3) is 0 Å². The van der Waals surface area contributed by atoms with E-state index < -0.39 is 12.1 Å². The lowest BCUT2D eigenvalue weighted by Gasteiger charge is -2.27. The predicted octanol–water partition coefficient (Wildman–Crippen LogP) is 1.78. The fourth-order valence-corrected chi connectivity index (χ4v) is 1.81. The zero-order chi connectivity index (χ0) is 18.2. The van der Waals surface area contributed by atoms with Gasteiger partial charge in [0.2, 0.25) is 0 Å². The number of carboxylic acids is 1. The molecule has 1 amide bonds. The molecule has 10 heteroatoms. The third-order valence-corrected chi connectivity index (χ3v) is 3.14. The first-order chi connectivity index (χ1) is 11.2. The summed E-state index contributed by atoms with van der Waals surface area (Å²) < 4.78 is 37.1. The van der Waals surface area contributed by atoms with E-state index in [-0.39, 0.29) is 12.5 Å². The first kappa shape index (κ1) is 20.0. The number of aliphatic carboxylic acids is 1. The molecule has 0 aromatic heterocycles. The molecular weight excluding hydrogens is 353 g/mol. The van der Waals surface area contributed by atoms with Gasteiger partial charge in [0.25, 0.3) is 5.91 Å². The third-order valence-electron chi connectivity index (χ3n) is 2.89. The number of carbonyl (C=O) groups excluding carboxylic acids is 1. The molecule has 1 aliphatic heterocycles. The predicted molar refractivity (Wildman–Crippen MR) is 80.1 cm³/mol. The van der Waals surface area contributed by atoms with Gasteiger partial charge in [-0.1, -0.05) is 11.6 Å². The Balaban J connectivity index is 0.000000351. The number of benzene rings is 1. The molecule has 1 aromatic rings. The van der Waals surface area contributed by atoms with E-state index in [1.54, 1.807) is 24.3 Å². The minimum Gasteiger partial charge on any atom is -0.484 e. The first-order valence-electron chi connectivity index (χ1n) is 6.87. The molecule has 134 valence electrons. The number of carbonyl (C=O) groups is 2. The van der Waals surface area contributed by atoms with Gasteiger partial charge in [-0.3, -0.25) is 4.79 Å². The zero-order valence-electron chi connectivity index (χ0n) is 12.5. The fraction of sp³-hybridized carbons (Fsp3) is 0.429. The lowest BCUT2D eigenvalue weighted by Crippen LogP contribution is -2.47. The maximum Gasteiger partial charge on any atom is 0.490 e. The van der Waals surface area contributed by atoms with Gasteiger partial charge in [0.05, 0.1) is 0 Å². The quantitative estimate of drug-likeness (QED) is 0.850. The molecule has 1 saturated heterocycles. The molecule has 0 saturated carbocycles. The van der Waals surface area contributed by atoms with E-state index in [1.807, 2.05) is 4.90 Å². The normalized spacial score (nSPS) is 14.4. The Morgan fingerprint density at radius 1 is 1.21 bits per heavy atom. The maximum atomic E-state index is 11.8. The van der Waals surface area contributed by atoms with Crippen LogP contribution < -0.4 is 10.1 Å². The average molecular weight is 369 g/mol. The molecular formula is C14H16ClF3N2O4. The van der Waals surface area contributed by atoms with Gasteiger partial charge in [-0.05, 0) is 24.3 Å². The van der Waals surface area contributed by atoms with Gasteiger partial charge in [0, 0.05) is 31.2 Å². The lowest BCUT2D eigenvalue weighted by molar-refractivity contribution is -0.192. The van der Waals surface area contributed by atoms with E-state index in [9.17, 15) is 18.0 Å². The Morgan fingerprint density at radius 3 is 2.17 bits per heavy atom. The van der Waals surface area contributed by atoms with Crippen molar-refractivity contribution in [3.63, 3.8) is 0 Å². The number of piperazine rings is 1. The second-order valence-electron chi connectivity index (χ2n) is 4.68. The average Bonchev–Trinajstić information content (AvgIpc) is 2.54. The van der Waals surface area contributed by atoms with Gasteiger partial charge in [0.15, 0.2) is 6.61 Å². The number of carboxylic acid groups (broad SMARTS) is 1. The summed E-state index contributed by atoms with van der Waals surface area (Å²) in [5.74, 6) is -2.06. The van der Waals surface area contributed by atoms with Crippen molar-refractivity contribution < 1.29 is 32.6 Å². The summed E-state index contributed by atoms with van der Waals surface area (Å²) in [6.07, 6.45) is -5.08. The van der Waals surface area contributed by atoms with Crippen molar-refractivity contribution in [1.29, 1.82) is 0 Å². The van der Waals surface area contributed by atoms with Gasteiger partial charge < -0.3 is 20.1 Å². The molecule has 2 rings (SSSR count). The number of halogens is 4. The van der Waals surface area contributed by atoms with Crippen LogP contribution in [0.15, 0.2) is 24.3 Å². The van der Waals surface area contributed by atoms with Crippen LogP contribution >= 0.6 is 11.6 Å². The molecule has 0 aliphatic carbocycles. The molecule has 1 heterocycles. The molecule has 0 radical (unpaired) electrons. The topological polar surface area (TPSA) is 78.9 Å². The Labute approximate surface area is 141 Å². The molecule has 1 aromatic carbocycles. The lowest BCUT2D eigenvalue weighted by atomic mass is 10.3. The SMILES string of the molecule is O=C(COc1ccc(Cl)cc1)N1CCNCC1.O=C(O)C(F)(F)F. The van der Waals surface area contributed by atoms with Crippen LogP contribution in [-0.2, 0) is 9.59 Å². The Morgan fingerprint density at radius 2 is 1.71 bits per heavy atom. The number of hydrogen-bond donors (Lipinski definition) is 2. The number of ether oxygens (including phenoxy) is 1. The largest absolute Gasteiger partial charge is 0.490 e. The smallest absolute Gasteiger partial charge is 0.484 e. The fourth-order valence-electron chi connectivity index (χ4n) is 1.68. The zero-order valence-corrected chi connectivity index (χ0v) is 13.2. The van der Waals surface area contributed by atoms with E-state index in [1.165, 1.54) is 0 Å². The second kappa shape index (κ2) is 9.33. The standard InChI is InChI=1S/C12H15ClN2O2.C2HF3O2/c13-10-1-3-11(4-2-10)17-9-12(16)15-7-5-14-6-8-15;3-2(4,5)1(6)7/h1-4,14H,5-9H2;(H,6,7). The van der Waals surface area contributed by atoms with Crippen molar-refractivity contribution >= 4 is 23.5 Å². The molecule has 2 N–H and O–H groups in total. The summed E-state index contributed by atoms with van der Waals surface area (Å²) in [5, 5.41) is 11.0. The van der Waals surface area contributed by atoms with Crippen molar-refractivity contribution in [2.75, 3.05) is 32.8 Å². The Hall–Kier alpha value is -2.00. The van der Waals surface area contributed by atoms with Gasteiger partial charge in [-0.25, -0.2) is 4.79 Å². The molecule has 0 atom stereocenters. The van der Waals surface area contributed by atoms with E-state index in [0.29, 0.717) is 10.8 Å². The number of rotatable bonds is 3. The van der Waals surface area contributed by atoms with E-state index in [2.05, 4.69) is 5.32 Å². The number of nitrogens with one attached hydrogen (secondary N) is 1. The van der Waals surface area contributed by atoms with Gasteiger partial charge in [-0.2, -0.15) is 13.2 Å². The Kier molecular flexibility index (Phi) is 7.80. The van der Waals surface area contributed by atoms with Crippen LogP contribution in [0.2, 0.25) is 5.02 Å². The second-order valence-corrected chi connectivity index (χ2v) is 5.11. The monoisotopic (exact) mass is 368 g/mol. The molecule has 24 heavy (non-hydrogen) atoms. The molecule has 0 spiro atoms. The third kappa shape index (κ3) is 7.51. The van der Waals surface area contributed by atoms with Crippen LogP contribution in [0, 0.1) is 0 Å². The van der Waals surface area contributed by atoms with Gasteiger partial charge in [-0.15, -0.1) is 0 Å². The highest BCUT2D eigenvalue weighted by Crippen LogP contribution is 2.15. The Bertz CT molecular complexity index is 546. The highest BCUT2D eigenvalue weighted by molar-refractivity contribution is 6.30. The number of alkyl halides is 3. The molecule has 1 aliphatic rings. The van der Waals surface area contributed by atoms with Gasteiger partial charge >= 0.3 is 12.1 Å². The van der Waals surface area contributed by atoms with Crippen molar-refractivity contribution in [1.82, 2.24) is 10.2 Å². The highest BCUT2D eigenvalue weighted by atomic mass is 35.5. The van der Waals surface area contributed by atoms with E-state index in [4.69, 9.17) is 26.2 Å². The van der Waals surface area contributed by atoms with Crippen molar-refractivity contribution in [3.05, 3.63) is 29.3 Å². The minimum atomic E-state index is -5.08. The molecule has 1 fully saturated rings. The van der Waals surface area contributed by atoms with Crippen LogP contribution in [0.3, 0.4) is 0 Å². The maximum absolute atomic E-state index is 11.8. The van der Waals surface area contributed by atoms with E-state index in [0.717, 1.165) is 26.2 Å². The summed E-state index contributed by atoms with van der Waals surface area (Å²) in [6, 6.07) is 7.00. The number of nitrogens with zero attached hydrogens (tertiary/aromatic N) is 1. The molecule has 0 unspecified atom stereocenters. The van der Waals surface area contributed by atoms with Crippen LogP contribution in [0.5, 0.6) is 5.75 Å². The summed E-state index contributed by atoms with van der Waals surface area (Å²) in [4.78, 5) is 22.5. The number of amides is 1. The minimum absolute atomic E-state index is 0.0291. The van der Waals surface area contributed by atoms with Crippen molar-refractivity contribution in [2.45, 2.75) is 6.18 Å². The van der Waals surface area contributed by atoms with Crippen LogP contribution in [0.1, 0.15) is 0 Å². The van der Waals surface area contributed by atoms with Gasteiger partial charge in [0.1, 0.15) is 5.75 Å². The molecule has 0 bridgehead atoms. The molecule has 6 nitrogen and oxygen atoms in total. The van der Waals surface area contributed by atoms with Crippen molar-refractivity contribution in [2.24, 2.45) is 0 Å². The highest BCUT2D eigenvalue weighted by Gasteiger charge is 2.38. The number of hydrogen-bond acceptors (Lipinski definition) is 4. The summed E-state index contributed by atoms with van der Waals surface area (Å²) in [6.45, 7) is 3.30. The summed E-state index contributed by atoms with van der Waals surface area (Å²) in [7, 11) is 0. The first-order valence-corrected chi connectivity index (χ1v) is 7.25. The summed E-state index contributed by atoms with van der Waals surface area (Å²) >= 11 is 5.76.